The number of halogens is 1. The molecule has 0 bridgehead atoms. The monoisotopic (exact) mass is 328 g/mol. The van der Waals surface area contributed by atoms with Gasteiger partial charge in [0.15, 0.2) is 0 Å². The summed E-state index contributed by atoms with van der Waals surface area (Å²) < 4.78 is 0. The van der Waals surface area contributed by atoms with Crippen LogP contribution in [0.25, 0.3) is 0 Å². The molecule has 0 aromatic rings. The maximum absolute atomic E-state index is 3.25. The van der Waals surface area contributed by atoms with E-state index < -0.39 is 0 Å². The van der Waals surface area contributed by atoms with Crippen molar-refractivity contribution in [2.75, 3.05) is 0 Å². The average Bonchev–Trinajstić information content (AvgIpc) is 0.918. The molecule has 0 N–H and O–H groups in total. The summed E-state index contributed by atoms with van der Waals surface area (Å²) in [6.45, 7) is 6.50. The summed E-state index contributed by atoms with van der Waals surface area (Å²) in [7, 11) is 0. The van der Waals surface area contributed by atoms with Crippen LogP contribution in [-0.4, -0.2) is 27.3 Å². The van der Waals surface area contributed by atoms with Gasteiger partial charge in [0.25, 0.3) is 0 Å². The predicted octanol–water partition coefficient (Wildman–Crippen LogP) is -2.37. The number of hydrogen-bond acceptors (Lipinski definition) is 0. The molecular weight excluding hydrogens is 323 g/mol. The van der Waals surface area contributed by atoms with Crippen molar-refractivity contribution in [3.63, 3.8) is 0 Å². The Hall–Kier alpha value is 1.14. The molecule has 0 amide bonds. The first-order chi connectivity index (χ1) is 1.41. The molecule has 5 heavy (non-hydrogen) atoms. The maximum Gasteiger partial charge on any atom is 0 e. The fraction of sp³-hybridized carbons (Fsp3) is 0. The number of hydrogen-bond donors (Lipinski definition) is 0. The molecular formula is C3H5BrPb-. The van der Waals surface area contributed by atoms with Crippen LogP contribution in [0.2, 0.25) is 0 Å². The molecule has 0 aliphatic carbocycles. The van der Waals surface area contributed by atoms with Crippen molar-refractivity contribution in [1.82, 2.24) is 0 Å². The molecule has 0 atom stereocenters. The van der Waals surface area contributed by atoms with E-state index in [-0.39, 0.29) is 44.3 Å². The molecule has 0 aromatic heterocycles. The van der Waals surface area contributed by atoms with E-state index in [0.717, 1.165) is 0 Å². The van der Waals surface area contributed by atoms with Crippen LogP contribution >= 0.6 is 0 Å². The quantitative estimate of drug-likeness (QED) is 0.436. The molecule has 0 fully saturated rings. The van der Waals surface area contributed by atoms with Crippen LogP contribution in [0.15, 0.2) is 12.7 Å². The van der Waals surface area contributed by atoms with Crippen LogP contribution in [0.1, 0.15) is 0 Å². The van der Waals surface area contributed by atoms with Gasteiger partial charge in [0.05, 0.1) is 0 Å². The van der Waals surface area contributed by atoms with Gasteiger partial charge in [-0.1, -0.05) is 6.08 Å². The van der Waals surface area contributed by atoms with Gasteiger partial charge in [0, 0.05) is 27.3 Å². The zero-order valence-corrected chi connectivity index (χ0v) is 8.34. The van der Waals surface area contributed by atoms with E-state index in [1.54, 1.807) is 0 Å². The van der Waals surface area contributed by atoms with Crippen molar-refractivity contribution in [1.29, 1.82) is 0 Å². The minimum Gasteiger partial charge on any atom is -1.00 e. The molecule has 0 nitrogen and oxygen atoms in total. The second-order valence-electron chi connectivity index (χ2n) is 0.289. The fourth-order valence-corrected chi connectivity index (χ4v) is 0. The number of allylic oxidation sites excluding steroid dienone is 1. The van der Waals surface area contributed by atoms with Crippen LogP contribution in [-0.2, 0) is 0 Å². The Morgan fingerprint density at radius 2 is 1.40 bits per heavy atom. The standard InChI is InChI=1S/C3H5.BrH.Pb/c1-3-2;;/h3H,1-2H2;1H;/p-1. The third-order valence-electron chi connectivity index (χ3n) is 0. The maximum atomic E-state index is 3.25. The van der Waals surface area contributed by atoms with Gasteiger partial charge in [-0.2, -0.15) is 0 Å². The van der Waals surface area contributed by atoms with Gasteiger partial charge in [-0.15, -0.1) is 6.58 Å². The summed E-state index contributed by atoms with van der Waals surface area (Å²) in [5.41, 5.74) is 0. The first-order valence-corrected chi connectivity index (χ1v) is 0.816. The Morgan fingerprint density at radius 3 is 1.40 bits per heavy atom. The average molecular weight is 328 g/mol. The SMILES string of the molecule is [Br-].[CH2]C=C.[Pb]. The second kappa shape index (κ2) is 19.2. The normalized spacial score (nSPS) is 2.60. The van der Waals surface area contributed by atoms with E-state index in [4.69, 9.17) is 0 Å². The Bertz CT molecular complexity index is 14.4. The second-order valence-corrected chi connectivity index (χ2v) is 0.289. The molecule has 0 unspecified atom stereocenters. The van der Waals surface area contributed by atoms with E-state index in [2.05, 4.69) is 13.5 Å². The summed E-state index contributed by atoms with van der Waals surface area (Å²) >= 11 is 0. The summed E-state index contributed by atoms with van der Waals surface area (Å²) in [5, 5.41) is 0. The fourth-order valence-electron chi connectivity index (χ4n) is 0. The molecule has 2 heteroatoms. The Labute approximate surface area is 63.6 Å². The molecule has 29 valence electrons. The topological polar surface area (TPSA) is 0 Å². The molecule has 0 aliphatic rings. The third kappa shape index (κ3) is 38.9. The van der Waals surface area contributed by atoms with Crippen molar-refractivity contribution in [2.45, 2.75) is 0 Å². The minimum atomic E-state index is 0. The number of rotatable bonds is 0. The van der Waals surface area contributed by atoms with Crippen LogP contribution in [0, 0.1) is 6.92 Å². The van der Waals surface area contributed by atoms with E-state index in [9.17, 15) is 0 Å². The summed E-state index contributed by atoms with van der Waals surface area (Å²) in [5.74, 6) is 0. The molecule has 0 saturated heterocycles. The molecule has 0 aromatic carbocycles. The van der Waals surface area contributed by atoms with Gasteiger partial charge in [-0.3, -0.25) is 0 Å². The van der Waals surface area contributed by atoms with Crippen LogP contribution in [0.5, 0.6) is 0 Å². The van der Waals surface area contributed by atoms with Crippen molar-refractivity contribution in [3.8, 4) is 0 Å². The van der Waals surface area contributed by atoms with Gasteiger partial charge < -0.3 is 17.0 Å². The molecule has 0 rings (SSSR count). The van der Waals surface area contributed by atoms with Crippen LogP contribution in [0.3, 0.4) is 0 Å². The van der Waals surface area contributed by atoms with Crippen LogP contribution < -0.4 is 17.0 Å². The minimum absolute atomic E-state index is 0. The molecule has 0 saturated carbocycles. The molecule has 0 spiro atoms. The first kappa shape index (κ1) is 16.4. The smallest absolute Gasteiger partial charge is 0 e. The summed E-state index contributed by atoms with van der Waals surface area (Å²) in [6.07, 6.45) is 1.50. The van der Waals surface area contributed by atoms with Crippen molar-refractivity contribution in [3.05, 3.63) is 19.6 Å². The third-order valence-corrected chi connectivity index (χ3v) is 0. The molecule has 5 radical (unpaired) electrons. The Balaban J connectivity index is -0.0000000200. The summed E-state index contributed by atoms with van der Waals surface area (Å²) in [4.78, 5) is 0. The van der Waals surface area contributed by atoms with Crippen molar-refractivity contribution >= 4 is 27.3 Å². The van der Waals surface area contributed by atoms with Gasteiger partial charge in [-0.05, 0) is 6.92 Å². The Kier molecular flexibility index (Phi) is 63.3. The largest absolute Gasteiger partial charge is 1.00 e. The van der Waals surface area contributed by atoms with E-state index >= 15 is 0 Å². The molecule has 0 heterocycles. The van der Waals surface area contributed by atoms with Crippen molar-refractivity contribution < 1.29 is 17.0 Å². The predicted molar refractivity (Wildman–Crippen MR) is 21.3 cm³/mol. The van der Waals surface area contributed by atoms with E-state index in [1.165, 1.54) is 6.08 Å². The Morgan fingerprint density at radius 1 is 1.40 bits per heavy atom. The molecule has 0 aliphatic heterocycles. The zero-order valence-electron chi connectivity index (χ0n) is 2.87. The van der Waals surface area contributed by atoms with Crippen molar-refractivity contribution in [2.24, 2.45) is 0 Å². The van der Waals surface area contributed by atoms with Gasteiger partial charge in [0.2, 0.25) is 0 Å². The van der Waals surface area contributed by atoms with Gasteiger partial charge in [-0.25, -0.2) is 0 Å². The van der Waals surface area contributed by atoms with Gasteiger partial charge >= 0.3 is 0 Å². The van der Waals surface area contributed by atoms with Crippen LogP contribution in [0.4, 0.5) is 0 Å². The van der Waals surface area contributed by atoms with E-state index in [0.29, 0.717) is 0 Å². The zero-order chi connectivity index (χ0) is 2.71. The van der Waals surface area contributed by atoms with E-state index in [1.807, 2.05) is 0 Å². The summed E-state index contributed by atoms with van der Waals surface area (Å²) in [6, 6.07) is 0. The van der Waals surface area contributed by atoms with Gasteiger partial charge in [0.1, 0.15) is 0 Å². The first-order valence-electron chi connectivity index (χ1n) is 0.816.